The molecule has 4 heteroatoms. The van der Waals surface area contributed by atoms with Crippen LogP contribution in [0.25, 0.3) is 0 Å². The van der Waals surface area contributed by atoms with Crippen LogP contribution in [0, 0.1) is 0 Å². The smallest absolute Gasteiger partial charge is 0.113 e. The quantitative estimate of drug-likeness (QED) is 0.647. The third kappa shape index (κ3) is 1.83. The van der Waals surface area contributed by atoms with E-state index in [1.54, 1.807) is 0 Å². The van der Waals surface area contributed by atoms with Gasteiger partial charge in [0.25, 0.3) is 0 Å². The van der Waals surface area contributed by atoms with Crippen molar-refractivity contribution in [2.75, 3.05) is 0 Å². The molecule has 0 aliphatic carbocycles. The topological polar surface area (TPSA) is 0 Å². The lowest BCUT2D eigenvalue weighted by atomic mass is 10.2. The van der Waals surface area contributed by atoms with Gasteiger partial charge in [0, 0.05) is 4.88 Å². The highest BCUT2D eigenvalue weighted by Gasteiger charge is 2.15. The van der Waals surface area contributed by atoms with Gasteiger partial charge in [0.2, 0.25) is 0 Å². The predicted octanol–water partition coefficient (Wildman–Crippen LogP) is 4.83. The molecule has 0 amide bonds. The molecule has 0 nitrogen and oxygen atoms in total. The molecule has 62 valence electrons. The van der Waals surface area contributed by atoms with Crippen molar-refractivity contribution < 1.29 is 0 Å². The van der Waals surface area contributed by atoms with Gasteiger partial charge < -0.3 is 0 Å². The van der Waals surface area contributed by atoms with E-state index in [0.29, 0.717) is 20.3 Å². The number of hydrogen-bond acceptors (Lipinski definition) is 1. The number of hydrogen-bond donors (Lipinski definition) is 0. The minimum absolute atomic E-state index is 0.387. The Morgan fingerprint density at radius 2 is 1.64 bits per heavy atom. The van der Waals surface area contributed by atoms with Crippen LogP contribution in [-0.4, -0.2) is 0 Å². The average Bonchev–Trinajstić information content (AvgIpc) is 2.17. The first-order valence-corrected chi connectivity index (χ1v) is 5.12. The first kappa shape index (κ1) is 9.66. The third-order valence-electron chi connectivity index (χ3n) is 1.31. The Kier molecular flexibility index (Phi) is 3.10. The van der Waals surface area contributed by atoms with Crippen LogP contribution in [0.2, 0.25) is 14.4 Å². The van der Waals surface area contributed by atoms with E-state index in [9.17, 15) is 0 Å². The summed E-state index contributed by atoms with van der Waals surface area (Å²) in [6.07, 6.45) is 0. The molecule has 0 fully saturated rings. The van der Waals surface area contributed by atoms with Crippen LogP contribution in [0.3, 0.4) is 0 Å². The molecule has 11 heavy (non-hydrogen) atoms. The lowest BCUT2D eigenvalue weighted by Gasteiger charge is -1.99. The molecule has 1 heterocycles. The Morgan fingerprint density at radius 3 is 1.82 bits per heavy atom. The average molecular weight is 230 g/mol. The summed E-state index contributed by atoms with van der Waals surface area (Å²) in [6, 6.07) is 0. The first-order chi connectivity index (χ1) is 5.04. The molecule has 0 atom stereocenters. The molecule has 0 bridgehead atoms. The lowest BCUT2D eigenvalue weighted by Crippen LogP contribution is -1.80. The van der Waals surface area contributed by atoms with Gasteiger partial charge in [0.15, 0.2) is 0 Å². The van der Waals surface area contributed by atoms with Crippen molar-refractivity contribution in [3.05, 3.63) is 19.3 Å². The van der Waals surface area contributed by atoms with Gasteiger partial charge in [-0.25, -0.2) is 0 Å². The monoisotopic (exact) mass is 228 g/mol. The number of rotatable bonds is 1. The molecular weight excluding hydrogens is 223 g/mol. The van der Waals surface area contributed by atoms with Crippen molar-refractivity contribution in [2.24, 2.45) is 0 Å². The standard InChI is InChI=1S/C7H7Cl3S/c1-3(2)6-4(8)5(9)7(10)11-6/h3H,1-2H3. The van der Waals surface area contributed by atoms with Crippen molar-refractivity contribution in [1.82, 2.24) is 0 Å². The highest BCUT2D eigenvalue weighted by Crippen LogP contribution is 2.43. The van der Waals surface area contributed by atoms with Crippen LogP contribution in [0.4, 0.5) is 0 Å². The Balaban J connectivity index is 3.19. The SMILES string of the molecule is CC(C)c1sc(Cl)c(Cl)c1Cl. The molecule has 0 radical (unpaired) electrons. The lowest BCUT2D eigenvalue weighted by molar-refractivity contribution is 0.890. The van der Waals surface area contributed by atoms with Crippen LogP contribution >= 0.6 is 46.1 Å². The van der Waals surface area contributed by atoms with E-state index in [2.05, 4.69) is 13.8 Å². The molecule has 0 unspecified atom stereocenters. The predicted molar refractivity (Wildman–Crippen MR) is 53.4 cm³/mol. The van der Waals surface area contributed by atoms with Crippen molar-refractivity contribution in [1.29, 1.82) is 0 Å². The highest BCUT2D eigenvalue weighted by atomic mass is 35.5. The van der Waals surface area contributed by atoms with Crippen LogP contribution in [0.1, 0.15) is 24.6 Å². The summed E-state index contributed by atoms with van der Waals surface area (Å²) in [4.78, 5) is 1.06. The Hall–Kier alpha value is 0.570. The zero-order valence-electron chi connectivity index (χ0n) is 6.12. The number of thiophene rings is 1. The second kappa shape index (κ2) is 3.53. The first-order valence-electron chi connectivity index (χ1n) is 3.17. The molecule has 0 aromatic carbocycles. The maximum Gasteiger partial charge on any atom is 0.113 e. The van der Waals surface area contributed by atoms with Gasteiger partial charge in [0.1, 0.15) is 4.34 Å². The fraction of sp³-hybridized carbons (Fsp3) is 0.429. The molecular formula is C7H7Cl3S. The van der Waals surface area contributed by atoms with E-state index in [4.69, 9.17) is 34.8 Å². The summed E-state index contributed by atoms with van der Waals surface area (Å²) in [6.45, 7) is 4.12. The molecule has 0 saturated carbocycles. The van der Waals surface area contributed by atoms with Gasteiger partial charge >= 0.3 is 0 Å². The summed E-state index contributed by atoms with van der Waals surface area (Å²) in [5.41, 5.74) is 0. The molecule has 0 N–H and O–H groups in total. The van der Waals surface area contributed by atoms with E-state index in [-0.39, 0.29) is 0 Å². The zero-order valence-corrected chi connectivity index (χ0v) is 9.20. The normalized spacial score (nSPS) is 11.1. The minimum atomic E-state index is 0.387. The Labute approximate surface area is 85.1 Å². The van der Waals surface area contributed by atoms with Crippen molar-refractivity contribution in [2.45, 2.75) is 19.8 Å². The fourth-order valence-electron chi connectivity index (χ4n) is 0.752. The molecule has 1 rings (SSSR count). The number of halogens is 3. The van der Waals surface area contributed by atoms with Gasteiger partial charge in [-0.15, -0.1) is 11.3 Å². The maximum atomic E-state index is 5.90. The van der Waals surface area contributed by atoms with Crippen LogP contribution in [-0.2, 0) is 0 Å². The Bertz CT molecular complexity index is 265. The summed E-state index contributed by atoms with van der Waals surface area (Å²) in [5.74, 6) is 0.387. The molecule has 0 spiro atoms. The van der Waals surface area contributed by atoms with Gasteiger partial charge in [-0.3, -0.25) is 0 Å². The van der Waals surface area contributed by atoms with Gasteiger partial charge in [-0.1, -0.05) is 48.7 Å². The highest BCUT2D eigenvalue weighted by molar-refractivity contribution is 7.17. The van der Waals surface area contributed by atoms with Gasteiger partial charge in [-0.2, -0.15) is 0 Å². The molecule has 1 aromatic heterocycles. The van der Waals surface area contributed by atoms with Crippen molar-refractivity contribution in [3.63, 3.8) is 0 Å². The van der Waals surface area contributed by atoms with E-state index in [1.807, 2.05) is 0 Å². The molecule has 1 aromatic rings. The van der Waals surface area contributed by atoms with Gasteiger partial charge in [0.05, 0.1) is 10.0 Å². The summed E-state index contributed by atoms with van der Waals surface area (Å²) < 4.78 is 0.584. The largest absolute Gasteiger partial charge is 0.125 e. The Morgan fingerprint density at radius 1 is 1.09 bits per heavy atom. The summed E-state index contributed by atoms with van der Waals surface area (Å²) in [5, 5.41) is 1.10. The van der Waals surface area contributed by atoms with E-state index < -0.39 is 0 Å². The summed E-state index contributed by atoms with van der Waals surface area (Å²) in [7, 11) is 0. The van der Waals surface area contributed by atoms with E-state index >= 15 is 0 Å². The molecule has 0 aliphatic heterocycles. The van der Waals surface area contributed by atoms with Crippen LogP contribution < -0.4 is 0 Å². The third-order valence-corrected chi connectivity index (χ3v) is 4.19. The minimum Gasteiger partial charge on any atom is -0.125 e. The molecule has 0 aliphatic rings. The van der Waals surface area contributed by atoms with Crippen molar-refractivity contribution >= 4 is 46.1 Å². The second-order valence-electron chi connectivity index (χ2n) is 2.52. The zero-order chi connectivity index (χ0) is 8.59. The van der Waals surface area contributed by atoms with Crippen molar-refractivity contribution in [3.8, 4) is 0 Å². The fourth-order valence-corrected chi connectivity index (χ4v) is 2.71. The maximum absolute atomic E-state index is 5.90. The molecule has 0 saturated heterocycles. The van der Waals surface area contributed by atoms with E-state index in [1.165, 1.54) is 11.3 Å². The van der Waals surface area contributed by atoms with Crippen LogP contribution in [0.15, 0.2) is 0 Å². The summed E-state index contributed by atoms with van der Waals surface area (Å²) >= 11 is 18.9. The van der Waals surface area contributed by atoms with Gasteiger partial charge in [-0.05, 0) is 5.92 Å². The van der Waals surface area contributed by atoms with Crippen LogP contribution in [0.5, 0.6) is 0 Å². The van der Waals surface area contributed by atoms with E-state index in [0.717, 1.165) is 4.88 Å². The second-order valence-corrected chi connectivity index (χ2v) is 4.93.